The van der Waals surface area contributed by atoms with Gasteiger partial charge in [0.2, 0.25) is 0 Å². The van der Waals surface area contributed by atoms with Gasteiger partial charge in [-0.05, 0) is 43.9 Å². The Bertz CT molecular complexity index is 373. The van der Waals surface area contributed by atoms with E-state index >= 15 is 0 Å². The van der Waals surface area contributed by atoms with Crippen molar-refractivity contribution in [3.05, 3.63) is 0 Å². The Labute approximate surface area is 120 Å². The molecule has 0 bridgehead atoms. The minimum absolute atomic E-state index is 0.0973. The Balaban J connectivity index is 1.37. The summed E-state index contributed by atoms with van der Waals surface area (Å²) >= 11 is 0. The number of rotatable bonds is 2. The summed E-state index contributed by atoms with van der Waals surface area (Å²) in [7, 11) is 0. The lowest BCUT2D eigenvalue weighted by Crippen LogP contribution is -2.58. The summed E-state index contributed by atoms with van der Waals surface area (Å²) in [6, 6.07) is 0.599. The lowest BCUT2D eigenvalue weighted by molar-refractivity contribution is -0.0476. The largest absolute Gasteiger partial charge is 0.377 e. The molecule has 4 atom stereocenters. The van der Waals surface area contributed by atoms with Gasteiger partial charge in [0.15, 0.2) is 0 Å². The van der Waals surface area contributed by atoms with Crippen LogP contribution in [0, 0.1) is 11.8 Å². The molecule has 2 amide bonds. The van der Waals surface area contributed by atoms with Crippen LogP contribution >= 0.6 is 0 Å². The summed E-state index contributed by atoms with van der Waals surface area (Å²) in [6.45, 7) is 2.78. The molecule has 4 fully saturated rings. The van der Waals surface area contributed by atoms with Crippen molar-refractivity contribution in [2.24, 2.45) is 11.8 Å². The fourth-order valence-electron chi connectivity index (χ4n) is 4.18. The summed E-state index contributed by atoms with van der Waals surface area (Å²) in [5.41, 5.74) is 0. The number of hydrogen-bond donors (Lipinski definition) is 1. The van der Waals surface area contributed by atoms with Crippen molar-refractivity contribution in [2.75, 3.05) is 26.4 Å². The third kappa shape index (κ3) is 2.42. The first-order valence-electron chi connectivity index (χ1n) is 8.08. The lowest BCUT2D eigenvalue weighted by Gasteiger charge is -2.39. The summed E-state index contributed by atoms with van der Waals surface area (Å²) < 4.78 is 11.3. The van der Waals surface area contributed by atoms with Gasteiger partial charge in [-0.3, -0.25) is 0 Å². The monoisotopic (exact) mass is 280 g/mol. The number of morpholine rings is 1. The first-order valence-corrected chi connectivity index (χ1v) is 8.08. The van der Waals surface area contributed by atoms with E-state index in [1.54, 1.807) is 0 Å². The summed E-state index contributed by atoms with van der Waals surface area (Å²) in [5.74, 6) is 1.80. The van der Waals surface area contributed by atoms with Crippen LogP contribution in [0.1, 0.15) is 32.1 Å². The van der Waals surface area contributed by atoms with Crippen LogP contribution in [0.4, 0.5) is 4.79 Å². The molecule has 2 aliphatic heterocycles. The van der Waals surface area contributed by atoms with Crippen LogP contribution in [-0.4, -0.2) is 55.5 Å². The fraction of sp³-hybridized carbons (Fsp3) is 0.933. The van der Waals surface area contributed by atoms with Gasteiger partial charge in [0.1, 0.15) is 0 Å². The Hall–Kier alpha value is -0.810. The van der Waals surface area contributed by atoms with Crippen molar-refractivity contribution in [3.63, 3.8) is 0 Å². The van der Waals surface area contributed by atoms with Gasteiger partial charge in [-0.25, -0.2) is 4.79 Å². The topological polar surface area (TPSA) is 50.8 Å². The van der Waals surface area contributed by atoms with Gasteiger partial charge < -0.3 is 19.7 Å². The number of carbonyl (C=O) groups excluding carboxylic acids is 1. The highest BCUT2D eigenvalue weighted by molar-refractivity contribution is 5.75. The van der Waals surface area contributed by atoms with Gasteiger partial charge in [0, 0.05) is 19.2 Å². The lowest BCUT2D eigenvalue weighted by atomic mass is 10.1. The molecular formula is C15H24N2O3. The van der Waals surface area contributed by atoms with Crippen LogP contribution in [0.5, 0.6) is 0 Å². The molecular weight excluding hydrogens is 256 g/mol. The van der Waals surface area contributed by atoms with Crippen molar-refractivity contribution in [2.45, 2.75) is 50.3 Å². The number of hydrogen-bond acceptors (Lipinski definition) is 3. The van der Waals surface area contributed by atoms with Crippen LogP contribution < -0.4 is 5.32 Å². The molecule has 0 spiro atoms. The number of nitrogens with zero attached hydrogens (tertiary/aromatic N) is 1. The molecule has 112 valence electrons. The van der Waals surface area contributed by atoms with E-state index in [1.165, 1.54) is 19.3 Å². The average Bonchev–Trinajstić information content (AvgIpc) is 2.91. The van der Waals surface area contributed by atoms with E-state index in [0.717, 1.165) is 31.3 Å². The van der Waals surface area contributed by atoms with Gasteiger partial charge in [-0.1, -0.05) is 0 Å². The maximum absolute atomic E-state index is 12.5. The molecule has 5 nitrogen and oxygen atoms in total. The average molecular weight is 280 g/mol. The second-order valence-electron chi connectivity index (χ2n) is 6.76. The molecule has 5 heteroatoms. The normalized spacial score (nSPS) is 43.4. The molecule has 2 aliphatic carbocycles. The smallest absolute Gasteiger partial charge is 0.318 e. The molecule has 0 radical (unpaired) electrons. The highest BCUT2D eigenvalue weighted by atomic mass is 16.5. The molecule has 20 heavy (non-hydrogen) atoms. The van der Waals surface area contributed by atoms with Crippen molar-refractivity contribution >= 4 is 6.03 Å². The fourth-order valence-corrected chi connectivity index (χ4v) is 4.18. The van der Waals surface area contributed by atoms with E-state index in [-0.39, 0.29) is 18.2 Å². The van der Waals surface area contributed by atoms with Crippen molar-refractivity contribution in [1.82, 2.24) is 10.2 Å². The second kappa shape index (κ2) is 5.19. The zero-order valence-corrected chi connectivity index (χ0v) is 11.9. The van der Waals surface area contributed by atoms with E-state index in [1.807, 2.05) is 4.90 Å². The molecule has 4 unspecified atom stereocenters. The number of amides is 2. The summed E-state index contributed by atoms with van der Waals surface area (Å²) in [4.78, 5) is 14.5. The molecule has 0 aromatic carbocycles. The predicted octanol–water partition coefficient (Wildman–Crippen LogP) is 1.37. The number of nitrogens with one attached hydrogen (secondary N) is 1. The Morgan fingerprint density at radius 1 is 1.15 bits per heavy atom. The van der Waals surface area contributed by atoms with Gasteiger partial charge in [0.25, 0.3) is 0 Å². The van der Waals surface area contributed by atoms with Crippen LogP contribution in [0.25, 0.3) is 0 Å². The molecule has 0 aromatic heterocycles. The van der Waals surface area contributed by atoms with Crippen LogP contribution in [-0.2, 0) is 9.47 Å². The maximum atomic E-state index is 12.5. The number of ether oxygens (including phenoxy) is 2. The van der Waals surface area contributed by atoms with E-state index in [9.17, 15) is 4.79 Å². The molecule has 0 aromatic rings. The SMILES string of the molecule is O=C(NC1CC2CC2C1)N1CCOCC1C1CCCO1. The van der Waals surface area contributed by atoms with Gasteiger partial charge in [-0.15, -0.1) is 0 Å². The molecule has 2 saturated heterocycles. The van der Waals surface area contributed by atoms with Crippen molar-refractivity contribution in [3.8, 4) is 0 Å². The molecule has 2 heterocycles. The van der Waals surface area contributed by atoms with Crippen molar-refractivity contribution < 1.29 is 14.3 Å². The van der Waals surface area contributed by atoms with Gasteiger partial charge >= 0.3 is 6.03 Å². The highest BCUT2D eigenvalue weighted by Crippen LogP contribution is 2.51. The van der Waals surface area contributed by atoms with E-state index < -0.39 is 0 Å². The molecule has 4 aliphatic rings. The van der Waals surface area contributed by atoms with Crippen LogP contribution in [0.15, 0.2) is 0 Å². The van der Waals surface area contributed by atoms with Crippen LogP contribution in [0.2, 0.25) is 0 Å². The zero-order chi connectivity index (χ0) is 13.5. The minimum atomic E-state index is 0.0973. The number of urea groups is 1. The van der Waals surface area contributed by atoms with Gasteiger partial charge in [0.05, 0.1) is 25.4 Å². The summed E-state index contributed by atoms with van der Waals surface area (Å²) in [5, 5.41) is 3.24. The van der Waals surface area contributed by atoms with Gasteiger partial charge in [-0.2, -0.15) is 0 Å². The molecule has 1 N–H and O–H groups in total. The number of fused-ring (bicyclic) bond motifs is 1. The summed E-state index contributed by atoms with van der Waals surface area (Å²) in [6.07, 6.45) is 6.07. The minimum Gasteiger partial charge on any atom is -0.377 e. The first kappa shape index (κ1) is 12.9. The zero-order valence-electron chi connectivity index (χ0n) is 11.9. The third-order valence-electron chi connectivity index (χ3n) is 5.39. The second-order valence-corrected chi connectivity index (χ2v) is 6.76. The van der Waals surface area contributed by atoms with E-state index in [0.29, 0.717) is 25.8 Å². The highest BCUT2D eigenvalue weighted by Gasteiger charge is 2.47. The Kier molecular flexibility index (Phi) is 3.34. The maximum Gasteiger partial charge on any atom is 0.318 e. The quantitative estimate of drug-likeness (QED) is 0.831. The Morgan fingerprint density at radius 3 is 2.75 bits per heavy atom. The van der Waals surface area contributed by atoms with E-state index in [4.69, 9.17) is 9.47 Å². The Morgan fingerprint density at radius 2 is 2.00 bits per heavy atom. The van der Waals surface area contributed by atoms with E-state index in [2.05, 4.69) is 5.32 Å². The third-order valence-corrected chi connectivity index (χ3v) is 5.39. The molecule has 2 saturated carbocycles. The first-order chi connectivity index (χ1) is 9.81. The standard InChI is InChI=1S/C15H24N2O3/c18-15(16-12-7-10-6-11(10)8-12)17-3-5-19-9-13(17)14-2-1-4-20-14/h10-14H,1-9H2,(H,16,18). The predicted molar refractivity (Wildman–Crippen MR) is 73.4 cm³/mol. The van der Waals surface area contributed by atoms with Crippen molar-refractivity contribution in [1.29, 1.82) is 0 Å². The molecule has 4 rings (SSSR count). The van der Waals surface area contributed by atoms with Crippen LogP contribution in [0.3, 0.4) is 0 Å². The number of carbonyl (C=O) groups is 1.